The number of aromatic hydroxyl groups is 1. The number of Topliss-reactive ketones (excluding diaryl/α,β-unsaturated/α-hetero) is 1. The molecule has 0 aromatic heterocycles. The summed E-state index contributed by atoms with van der Waals surface area (Å²) in [5, 5.41) is 22.6. The Balaban J connectivity index is 0.00000243. The van der Waals surface area contributed by atoms with Crippen molar-refractivity contribution < 1.29 is 24.6 Å². The molecule has 244 valence electrons. The van der Waals surface area contributed by atoms with Gasteiger partial charge in [-0.15, -0.1) is 0 Å². The van der Waals surface area contributed by atoms with Gasteiger partial charge < -0.3 is 20.0 Å². The van der Waals surface area contributed by atoms with E-state index in [9.17, 15) is 19.9 Å². The van der Waals surface area contributed by atoms with Gasteiger partial charge in [-0.1, -0.05) is 72.2 Å². The van der Waals surface area contributed by atoms with Crippen molar-refractivity contribution >= 4 is 28.5 Å². The minimum Gasteiger partial charge on any atom is -0.508 e. The molecule has 0 fully saturated rings. The summed E-state index contributed by atoms with van der Waals surface area (Å²) in [5.41, 5.74) is 3.47. The van der Waals surface area contributed by atoms with Gasteiger partial charge in [0.25, 0.3) is 0 Å². The molecule has 0 unspecified atom stereocenters. The van der Waals surface area contributed by atoms with Crippen LogP contribution in [0.4, 0.5) is 5.69 Å². The van der Waals surface area contributed by atoms with E-state index in [1.54, 1.807) is 36.4 Å². The van der Waals surface area contributed by atoms with Gasteiger partial charge >= 0.3 is 0 Å². The molecule has 1 aliphatic rings. The van der Waals surface area contributed by atoms with Crippen molar-refractivity contribution in [1.29, 1.82) is 0 Å². The third-order valence-electron chi connectivity index (χ3n) is 6.92. The highest BCUT2D eigenvalue weighted by molar-refractivity contribution is 6.46. The summed E-state index contributed by atoms with van der Waals surface area (Å²) < 4.78 is 5.50. The fraction of sp³-hybridized carbons (Fsp3) is 0.395. The van der Waals surface area contributed by atoms with E-state index in [0.717, 1.165) is 37.8 Å². The van der Waals surface area contributed by atoms with Crippen LogP contribution in [0, 0.1) is 0 Å². The summed E-state index contributed by atoms with van der Waals surface area (Å²) in [6, 6.07) is 11.5. The molecule has 1 aliphatic heterocycles. The third kappa shape index (κ3) is 11.9. The summed E-state index contributed by atoms with van der Waals surface area (Å²) in [4.78, 5) is 28.7. The second-order valence-electron chi connectivity index (χ2n) is 10.0. The number of hydrogen-bond acceptors (Lipinski definition) is 7. The molecule has 0 saturated heterocycles. The van der Waals surface area contributed by atoms with Gasteiger partial charge in [-0.25, -0.2) is 0 Å². The standard InChI is InChI=1S/C34H40N2O5.2C2H6/c1-5-7-8-9-12-31(35-40)34(39)28-19-21-36(20-10-11-25(4)41-6-2)32-18-15-27(23-30(32)24(3)22-28)33(38)26-13-16-29(37)17-14-26;2*1-2/h13-19,21-23,37,40H,3-12,20H2,1-2H3;2*1-2H3/b21-19-,28-22+,35-31+;;. The molecule has 2 N–H and O–H groups in total. The molecular weight excluding hydrogens is 564 g/mol. The van der Waals surface area contributed by atoms with E-state index in [1.807, 2.05) is 51.8 Å². The van der Waals surface area contributed by atoms with Gasteiger partial charge in [-0.2, -0.15) is 0 Å². The number of ether oxygens (including phenoxy) is 1. The number of oxime groups is 1. The van der Waals surface area contributed by atoms with Crippen molar-refractivity contribution in [3.63, 3.8) is 0 Å². The maximum absolute atomic E-state index is 13.4. The largest absolute Gasteiger partial charge is 0.508 e. The molecule has 1 heterocycles. The van der Waals surface area contributed by atoms with E-state index in [0.29, 0.717) is 59.6 Å². The highest BCUT2D eigenvalue weighted by Crippen LogP contribution is 2.33. The molecule has 3 rings (SSSR count). The summed E-state index contributed by atoms with van der Waals surface area (Å²) in [6.07, 6.45) is 10.9. The molecule has 45 heavy (non-hydrogen) atoms. The zero-order chi connectivity index (χ0) is 33.8. The van der Waals surface area contributed by atoms with E-state index >= 15 is 0 Å². The molecule has 0 aliphatic carbocycles. The molecular formula is C38H52N2O5. The van der Waals surface area contributed by atoms with Crippen LogP contribution in [-0.2, 0) is 9.53 Å². The van der Waals surface area contributed by atoms with Gasteiger partial charge in [0.05, 0.1) is 12.4 Å². The van der Waals surface area contributed by atoms with Crippen molar-refractivity contribution in [2.24, 2.45) is 5.16 Å². The van der Waals surface area contributed by atoms with Crippen LogP contribution in [0.2, 0.25) is 0 Å². The molecule has 0 saturated carbocycles. The Morgan fingerprint density at radius 2 is 1.58 bits per heavy atom. The van der Waals surface area contributed by atoms with Crippen LogP contribution in [0.3, 0.4) is 0 Å². The van der Waals surface area contributed by atoms with Crippen LogP contribution in [0.5, 0.6) is 5.75 Å². The van der Waals surface area contributed by atoms with Crippen LogP contribution < -0.4 is 4.90 Å². The topological polar surface area (TPSA) is 99.4 Å². The number of phenolic OH excluding ortho intramolecular Hbond substituents is 1. The quantitative estimate of drug-likeness (QED) is 0.0516. The Hall–Kier alpha value is -4.39. The number of fused-ring (bicyclic) bond motifs is 1. The second kappa shape index (κ2) is 21.3. The van der Waals surface area contributed by atoms with E-state index < -0.39 is 0 Å². The lowest BCUT2D eigenvalue weighted by atomic mass is 9.93. The van der Waals surface area contributed by atoms with Gasteiger partial charge in [0, 0.05) is 47.1 Å². The SMILES string of the molecule is C=C(CCCN1/C=C\C(C(=O)/C(CCCCCC)=N/O)=C/C(=C)c2cc(C(=O)c3ccc(O)cc3)ccc21)OCC.CC.CC. The van der Waals surface area contributed by atoms with E-state index in [4.69, 9.17) is 4.74 Å². The van der Waals surface area contributed by atoms with Crippen molar-refractivity contribution in [1.82, 2.24) is 0 Å². The number of carbonyl (C=O) groups excluding carboxylic acids is 2. The molecule has 2 aromatic rings. The number of benzene rings is 2. The zero-order valence-corrected chi connectivity index (χ0v) is 28.1. The lowest BCUT2D eigenvalue weighted by Crippen LogP contribution is -2.22. The van der Waals surface area contributed by atoms with Gasteiger partial charge in [0.15, 0.2) is 5.78 Å². The van der Waals surface area contributed by atoms with Crippen molar-refractivity contribution in [2.45, 2.75) is 86.5 Å². The molecule has 0 amide bonds. The fourth-order valence-electron chi connectivity index (χ4n) is 4.68. The first-order chi connectivity index (χ1) is 21.8. The highest BCUT2D eigenvalue weighted by Gasteiger charge is 2.21. The number of carbonyl (C=O) groups is 2. The lowest BCUT2D eigenvalue weighted by Gasteiger charge is -2.26. The van der Waals surface area contributed by atoms with Crippen molar-refractivity contribution in [3.8, 4) is 5.75 Å². The highest BCUT2D eigenvalue weighted by atomic mass is 16.5. The number of unbranched alkanes of at least 4 members (excludes halogenated alkanes) is 3. The zero-order valence-electron chi connectivity index (χ0n) is 28.1. The van der Waals surface area contributed by atoms with Gasteiger partial charge in [0.1, 0.15) is 11.5 Å². The first kappa shape index (κ1) is 38.6. The van der Waals surface area contributed by atoms with Crippen molar-refractivity contribution in [2.75, 3.05) is 18.1 Å². The summed E-state index contributed by atoms with van der Waals surface area (Å²) >= 11 is 0. The monoisotopic (exact) mass is 616 g/mol. The van der Waals surface area contributed by atoms with Crippen LogP contribution in [0.25, 0.3) is 5.57 Å². The Morgan fingerprint density at radius 1 is 0.911 bits per heavy atom. The number of ketones is 2. The average molecular weight is 617 g/mol. The van der Waals surface area contributed by atoms with Gasteiger partial charge in [0.2, 0.25) is 5.78 Å². The Kier molecular flexibility index (Phi) is 18.3. The number of allylic oxidation sites excluding steroid dienone is 5. The predicted molar refractivity (Wildman–Crippen MR) is 187 cm³/mol. The average Bonchev–Trinajstić information content (AvgIpc) is 3.06. The summed E-state index contributed by atoms with van der Waals surface area (Å²) in [5.74, 6) is 0.248. The third-order valence-corrected chi connectivity index (χ3v) is 6.92. The fourth-order valence-corrected chi connectivity index (χ4v) is 4.68. The molecule has 7 heteroatoms. The Morgan fingerprint density at radius 3 is 2.20 bits per heavy atom. The second-order valence-corrected chi connectivity index (χ2v) is 10.0. The maximum Gasteiger partial charge on any atom is 0.210 e. The normalized spacial score (nSPS) is 14.2. The van der Waals surface area contributed by atoms with E-state index in [-0.39, 0.29) is 23.0 Å². The minimum absolute atomic E-state index is 0.0843. The van der Waals surface area contributed by atoms with Gasteiger partial charge in [-0.05, 0) is 86.4 Å². The molecule has 2 aromatic carbocycles. The number of phenols is 1. The van der Waals surface area contributed by atoms with Crippen LogP contribution >= 0.6 is 0 Å². The number of anilines is 1. The van der Waals surface area contributed by atoms with Crippen molar-refractivity contribution in [3.05, 3.63) is 102 Å². The molecule has 7 nitrogen and oxygen atoms in total. The maximum atomic E-state index is 13.4. The first-order valence-electron chi connectivity index (χ1n) is 16.2. The Labute approximate surface area is 270 Å². The van der Waals surface area contributed by atoms with Crippen LogP contribution in [-0.4, -0.2) is 40.7 Å². The van der Waals surface area contributed by atoms with Crippen LogP contribution in [0.1, 0.15) is 108 Å². The summed E-state index contributed by atoms with van der Waals surface area (Å²) in [7, 11) is 0. The molecule has 0 spiro atoms. The number of nitrogens with zero attached hydrogens (tertiary/aromatic N) is 2. The molecule has 0 bridgehead atoms. The molecule has 0 radical (unpaired) electrons. The smallest absolute Gasteiger partial charge is 0.210 e. The van der Waals surface area contributed by atoms with Gasteiger partial charge in [-0.3, -0.25) is 9.59 Å². The minimum atomic E-state index is -0.356. The van der Waals surface area contributed by atoms with E-state index in [2.05, 4.69) is 25.2 Å². The first-order valence-corrected chi connectivity index (χ1v) is 16.2. The molecule has 0 atom stereocenters. The number of hydrogen-bond donors (Lipinski definition) is 2. The summed E-state index contributed by atoms with van der Waals surface area (Å²) in [6.45, 7) is 21.4. The Bertz CT molecular complexity index is 1350. The number of rotatable bonds is 15. The lowest BCUT2D eigenvalue weighted by molar-refractivity contribution is -0.109. The van der Waals surface area contributed by atoms with Crippen LogP contribution in [0.15, 0.2) is 90.5 Å². The predicted octanol–water partition coefficient (Wildman–Crippen LogP) is 9.65. The van der Waals surface area contributed by atoms with E-state index in [1.165, 1.54) is 12.1 Å².